The number of hydrogen-bond acceptors (Lipinski definition) is 4. The molecule has 1 N–H and O–H groups in total. The van der Waals surface area contributed by atoms with Crippen molar-refractivity contribution in [2.75, 3.05) is 26.7 Å². The second-order valence-corrected chi connectivity index (χ2v) is 4.70. The molecule has 5 nitrogen and oxygen atoms in total. The van der Waals surface area contributed by atoms with E-state index in [9.17, 15) is 9.59 Å². The number of likely N-dealkylation sites (tertiary alicyclic amines) is 1. The lowest BCUT2D eigenvalue weighted by atomic mass is 10.0. The summed E-state index contributed by atoms with van der Waals surface area (Å²) in [6.45, 7) is 6.01. The number of rotatable bonds is 4. The van der Waals surface area contributed by atoms with E-state index in [0.717, 1.165) is 32.5 Å². The van der Waals surface area contributed by atoms with Crippen LogP contribution in [0.3, 0.4) is 0 Å². The molecule has 0 spiro atoms. The first-order valence-electron chi connectivity index (χ1n) is 6.10. The number of ether oxygens (including phenoxy) is 1. The van der Waals surface area contributed by atoms with Gasteiger partial charge < -0.3 is 15.0 Å². The molecule has 5 heteroatoms. The molecule has 0 bridgehead atoms. The summed E-state index contributed by atoms with van der Waals surface area (Å²) in [5.41, 5.74) is 0. The molecule has 0 saturated carbocycles. The Hall–Kier alpha value is -1.10. The topological polar surface area (TPSA) is 58.6 Å². The first kappa shape index (κ1) is 14.0. The van der Waals surface area contributed by atoms with Gasteiger partial charge in [0.2, 0.25) is 5.91 Å². The van der Waals surface area contributed by atoms with Crippen LogP contribution in [0.15, 0.2) is 0 Å². The summed E-state index contributed by atoms with van der Waals surface area (Å²) in [6, 6.07) is 0.289. The second kappa shape index (κ2) is 6.59. The van der Waals surface area contributed by atoms with Crippen molar-refractivity contribution < 1.29 is 14.3 Å². The Morgan fingerprint density at radius 1 is 1.41 bits per heavy atom. The zero-order valence-electron chi connectivity index (χ0n) is 10.9. The molecule has 0 aromatic heterocycles. The van der Waals surface area contributed by atoms with Gasteiger partial charge in [0.05, 0.1) is 13.0 Å². The standard InChI is InChI=1S/C12H22N2O3/c1-9(12(16)17-3)8-14-6-4-11(5-7-14)13-10(2)15/h9,11H,4-8H2,1-3H3,(H,13,15). The van der Waals surface area contributed by atoms with Gasteiger partial charge in [-0.15, -0.1) is 0 Å². The quantitative estimate of drug-likeness (QED) is 0.725. The van der Waals surface area contributed by atoms with E-state index in [1.165, 1.54) is 7.11 Å². The molecule has 1 atom stereocenters. The van der Waals surface area contributed by atoms with Crippen LogP contribution in [0.4, 0.5) is 0 Å². The molecule has 1 rings (SSSR count). The van der Waals surface area contributed by atoms with Gasteiger partial charge in [-0.25, -0.2) is 0 Å². The minimum atomic E-state index is -0.158. The minimum absolute atomic E-state index is 0.0337. The lowest BCUT2D eigenvalue weighted by molar-refractivity contribution is -0.145. The number of hydrogen-bond donors (Lipinski definition) is 1. The van der Waals surface area contributed by atoms with Crippen LogP contribution in [0.5, 0.6) is 0 Å². The third kappa shape index (κ3) is 4.73. The predicted octanol–water partition coefficient (Wildman–Crippen LogP) is 0.396. The molecule has 1 unspecified atom stereocenters. The Labute approximate surface area is 102 Å². The predicted molar refractivity (Wildman–Crippen MR) is 64.5 cm³/mol. The molecule has 1 aliphatic rings. The normalized spacial score (nSPS) is 19.7. The maximum atomic E-state index is 11.3. The molecule has 98 valence electrons. The molecule has 1 amide bonds. The van der Waals surface area contributed by atoms with E-state index in [-0.39, 0.29) is 23.8 Å². The van der Waals surface area contributed by atoms with Crippen molar-refractivity contribution in [1.82, 2.24) is 10.2 Å². The molecular formula is C12H22N2O3. The molecule has 0 aromatic carbocycles. The highest BCUT2D eigenvalue weighted by Gasteiger charge is 2.23. The SMILES string of the molecule is COC(=O)C(C)CN1CCC(NC(C)=O)CC1. The zero-order chi connectivity index (χ0) is 12.8. The van der Waals surface area contributed by atoms with Gasteiger partial charge in [0.25, 0.3) is 0 Å². The van der Waals surface area contributed by atoms with Crippen LogP contribution in [-0.4, -0.2) is 49.6 Å². The van der Waals surface area contributed by atoms with Crippen molar-refractivity contribution in [1.29, 1.82) is 0 Å². The number of carbonyl (C=O) groups excluding carboxylic acids is 2. The molecule has 1 saturated heterocycles. The Balaban J connectivity index is 2.27. The lowest BCUT2D eigenvalue weighted by Crippen LogP contribution is -2.45. The van der Waals surface area contributed by atoms with Crippen molar-refractivity contribution in [2.24, 2.45) is 5.92 Å². The maximum Gasteiger partial charge on any atom is 0.309 e. The second-order valence-electron chi connectivity index (χ2n) is 4.70. The third-order valence-electron chi connectivity index (χ3n) is 3.13. The number of esters is 1. The highest BCUT2D eigenvalue weighted by molar-refractivity contribution is 5.73. The fourth-order valence-corrected chi connectivity index (χ4v) is 2.21. The number of methoxy groups -OCH3 is 1. The van der Waals surface area contributed by atoms with Crippen LogP contribution in [0, 0.1) is 5.92 Å². The Bertz CT molecular complexity index is 273. The van der Waals surface area contributed by atoms with E-state index in [0.29, 0.717) is 0 Å². The molecule has 17 heavy (non-hydrogen) atoms. The van der Waals surface area contributed by atoms with Crippen LogP contribution in [-0.2, 0) is 14.3 Å². The number of amides is 1. The molecule has 1 aliphatic heterocycles. The lowest BCUT2D eigenvalue weighted by Gasteiger charge is -2.33. The summed E-state index contributed by atoms with van der Waals surface area (Å²) in [4.78, 5) is 24.5. The Kier molecular flexibility index (Phi) is 5.41. The van der Waals surface area contributed by atoms with E-state index >= 15 is 0 Å². The monoisotopic (exact) mass is 242 g/mol. The fraction of sp³-hybridized carbons (Fsp3) is 0.833. The van der Waals surface area contributed by atoms with Gasteiger partial charge in [-0.1, -0.05) is 6.92 Å². The smallest absolute Gasteiger partial charge is 0.309 e. The van der Waals surface area contributed by atoms with E-state index in [1.54, 1.807) is 6.92 Å². The van der Waals surface area contributed by atoms with E-state index in [2.05, 4.69) is 10.2 Å². The number of nitrogens with one attached hydrogen (secondary N) is 1. The van der Waals surface area contributed by atoms with Gasteiger partial charge in [0.1, 0.15) is 0 Å². The van der Waals surface area contributed by atoms with Crippen LogP contribution >= 0.6 is 0 Å². The highest BCUT2D eigenvalue weighted by atomic mass is 16.5. The summed E-state index contributed by atoms with van der Waals surface area (Å²) >= 11 is 0. The Morgan fingerprint density at radius 2 is 2.00 bits per heavy atom. The van der Waals surface area contributed by atoms with Crippen LogP contribution in [0.25, 0.3) is 0 Å². The van der Waals surface area contributed by atoms with Crippen LogP contribution in [0.2, 0.25) is 0 Å². The highest BCUT2D eigenvalue weighted by Crippen LogP contribution is 2.12. The third-order valence-corrected chi connectivity index (χ3v) is 3.13. The van der Waals surface area contributed by atoms with E-state index in [4.69, 9.17) is 4.74 Å². The maximum absolute atomic E-state index is 11.3. The zero-order valence-corrected chi connectivity index (χ0v) is 10.9. The minimum Gasteiger partial charge on any atom is -0.469 e. The fourth-order valence-electron chi connectivity index (χ4n) is 2.21. The van der Waals surface area contributed by atoms with Crippen LogP contribution in [0.1, 0.15) is 26.7 Å². The van der Waals surface area contributed by atoms with Crippen molar-refractivity contribution in [3.63, 3.8) is 0 Å². The molecule has 1 fully saturated rings. The summed E-state index contributed by atoms with van der Waals surface area (Å²) in [5, 5.41) is 2.93. The van der Waals surface area contributed by atoms with Gasteiger partial charge >= 0.3 is 5.97 Å². The largest absolute Gasteiger partial charge is 0.469 e. The molecular weight excluding hydrogens is 220 g/mol. The number of nitrogens with zero attached hydrogens (tertiary/aromatic N) is 1. The molecule has 1 heterocycles. The van der Waals surface area contributed by atoms with Gasteiger partial charge in [-0.3, -0.25) is 9.59 Å². The van der Waals surface area contributed by atoms with Crippen molar-refractivity contribution >= 4 is 11.9 Å². The number of carbonyl (C=O) groups is 2. The average Bonchev–Trinajstić information content (AvgIpc) is 2.30. The molecule has 0 aromatic rings. The molecule has 0 radical (unpaired) electrons. The van der Waals surface area contributed by atoms with Crippen molar-refractivity contribution in [3.8, 4) is 0 Å². The van der Waals surface area contributed by atoms with E-state index < -0.39 is 0 Å². The summed E-state index contributed by atoms with van der Waals surface area (Å²) < 4.78 is 4.70. The van der Waals surface area contributed by atoms with E-state index in [1.807, 2.05) is 6.92 Å². The van der Waals surface area contributed by atoms with Gasteiger partial charge in [-0.05, 0) is 12.8 Å². The van der Waals surface area contributed by atoms with Crippen molar-refractivity contribution in [2.45, 2.75) is 32.7 Å². The van der Waals surface area contributed by atoms with Gasteiger partial charge in [-0.2, -0.15) is 0 Å². The summed E-state index contributed by atoms with van der Waals surface area (Å²) in [5.74, 6) is -0.210. The van der Waals surface area contributed by atoms with Crippen molar-refractivity contribution in [3.05, 3.63) is 0 Å². The molecule has 0 aliphatic carbocycles. The van der Waals surface area contributed by atoms with Gasteiger partial charge in [0, 0.05) is 32.6 Å². The van der Waals surface area contributed by atoms with Crippen LogP contribution < -0.4 is 5.32 Å². The summed E-state index contributed by atoms with van der Waals surface area (Å²) in [6.07, 6.45) is 1.90. The van der Waals surface area contributed by atoms with Gasteiger partial charge in [0.15, 0.2) is 0 Å². The first-order chi connectivity index (χ1) is 8.02. The first-order valence-corrected chi connectivity index (χ1v) is 6.10. The Morgan fingerprint density at radius 3 is 2.47 bits per heavy atom. The summed E-state index contributed by atoms with van der Waals surface area (Å²) in [7, 11) is 1.42. The average molecular weight is 242 g/mol. The number of piperidine rings is 1.